The third-order valence-electron chi connectivity index (χ3n) is 9.68. The third-order valence-corrected chi connectivity index (χ3v) is 12.7. The predicted octanol–water partition coefficient (Wildman–Crippen LogP) is 8.53. The van der Waals surface area contributed by atoms with Crippen molar-refractivity contribution in [2.45, 2.75) is 28.8 Å². The van der Waals surface area contributed by atoms with E-state index in [1.165, 1.54) is 17.7 Å². The lowest BCUT2D eigenvalue weighted by atomic mass is 9.99. The van der Waals surface area contributed by atoms with Crippen molar-refractivity contribution >= 4 is 68.0 Å². The highest BCUT2D eigenvalue weighted by Gasteiger charge is 2.26. The molecule has 6 rings (SSSR count). The molecule has 1 aliphatic rings. The normalized spacial score (nSPS) is 14.0. The monoisotopic (exact) mass is 846 g/mol. The van der Waals surface area contributed by atoms with Gasteiger partial charge in [0.1, 0.15) is 5.69 Å². The van der Waals surface area contributed by atoms with Crippen molar-refractivity contribution in [1.29, 1.82) is 0 Å². The van der Waals surface area contributed by atoms with E-state index in [0.29, 0.717) is 22.2 Å². The van der Waals surface area contributed by atoms with E-state index < -0.39 is 26.5 Å². The number of sulfonamides is 1. The van der Waals surface area contributed by atoms with Crippen LogP contribution >= 0.6 is 35.0 Å². The number of hydrogen-bond donors (Lipinski definition) is 2. The SMILES string of the molecule is CN(C)CC[C@H](CSc1ccccc1)Nc1ccc(S(=O)(=O)NC(=O)c2ccc(N3CCN(Cc4ccccc4-c4ccc(Cl)cc4Cl)CC3)cc2)cc1[N+](=O)[O-]. The van der Waals surface area contributed by atoms with Crippen LogP contribution in [-0.2, 0) is 16.6 Å². The lowest BCUT2D eigenvalue weighted by Gasteiger charge is -2.36. The molecule has 1 aliphatic heterocycles. The highest BCUT2D eigenvalue weighted by Crippen LogP contribution is 2.34. The van der Waals surface area contributed by atoms with E-state index in [4.69, 9.17) is 23.2 Å². The molecule has 57 heavy (non-hydrogen) atoms. The quantitative estimate of drug-likeness (QED) is 0.0567. The minimum Gasteiger partial charge on any atom is -0.376 e. The van der Waals surface area contributed by atoms with Crippen molar-refractivity contribution in [2.24, 2.45) is 0 Å². The van der Waals surface area contributed by atoms with E-state index >= 15 is 0 Å². The van der Waals surface area contributed by atoms with Gasteiger partial charge >= 0.3 is 0 Å². The maximum Gasteiger partial charge on any atom is 0.293 e. The van der Waals surface area contributed by atoms with Gasteiger partial charge in [-0.05, 0) is 98.9 Å². The Hall–Kier alpha value is -4.63. The zero-order valence-electron chi connectivity index (χ0n) is 31.6. The van der Waals surface area contributed by atoms with Gasteiger partial charge in [-0.25, -0.2) is 13.1 Å². The number of amides is 1. The summed E-state index contributed by atoms with van der Waals surface area (Å²) in [4.78, 5) is 32.1. The van der Waals surface area contributed by atoms with Crippen molar-refractivity contribution in [1.82, 2.24) is 14.5 Å². The summed E-state index contributed by atoms with van der Waals surface area (Å²) in [6.45, 7) is 4.64. The number of carbonyl (C=O) groups excluding carboxylic acids is 1. The highest BCUT2D eigenvalue weighted by atomic mass is 35.5. The summed E-state index contributed by atoms with van der Waals surface area (Å²) < 4.78 is 28.8. The van der Waals surface area contributed by atoms with Crippen LogP contribution in [0.5, 0.6) is 0 Å². The first kappa shape index (κ1) is 42.0. The first-order valence-electron chi connectivity index (χ1n) is 18.4. The molecule has 0 spiro atoms. The number of benzene rings is 5. The van der Waals surface area contributed by atoms with E-state index in [-0.39, 0.29) is 22.2 Å². The topological polar surface area (TPSA) is 128 Å². The molecule has 1 saturated heterocycles. The molecule has 5 aromatic carbocycles. The molecule has 1 heterocycles. The Morgan fingerprint density at radius 1 is 0.877 bits per heavy atom. The molecule has 1 atom stereocenters. The second-order valence-corrected chi connectivity index (χ2v) is 17.6. The molecule has 298 valence electrons. The molecule has 0 aliphatic carbocycles. The molecule has 1 amide bonds. The second-order valence-electron chi connectivity index (χ2n) is 14.0. The number of thioether (sulfide) groups is 1. The summed E-state index contributed by atoms with van der Waals surface area (Å²) in [5.41, 5.74) is 4.03. The number of rotatable bonds is 16. The highest BCUT2D eigenvalue weighted by molar-refractivity contribution is 7.99. The fourth-order valence-corrected chi connectivity index (χ4v) is 9.09. The largest absolute Gasteiger partial charge is 0.376 e. The Morgan fingerprint density at radius 2 is 1.58 bits per heavy atom. The van der Waals surface area contributed by atoms with Crippen LogP contribution in [-0.4, -0.2) is 87.7 Å². The van der Waals surface area contributed by atoms with Crippen LogP contribution in [0.1, 0.15) is 22.3 Å². The summed E-state index contributed by atoms with van der Waals surface area (Å²) in [6.07, 6.45) is 0.700. The van der Waals surface area contributed by atoms with Crippen LogP contribution in [0.25, 0.3) is 11.1 Å². The summed E-state index contributed by atoms with van der Waals surface area (Å²) in [5, 5.41) is 16.6. The summed E-state index contributed by atoms with van der Waals surface area (Å²) in [5.74, 6) is -0.200. The molecule has 0 unspecified atom stereocenters. The fraction of sp³-hybridized carbons (Fsp3) is 0.262. The molecule has 15 heteroatoms. The van der Waals surface area contributed by atoms with Crippen molar-refractivity contribution in [2.75, 3.05) is 62.8 Å². The molecule has 11 nitrogen and oxygen atoms in total. The molecular formula is C42H44Cl2N6O5S2. The number of piperazine rings is 1. The molecule has 5 aromatic rings. The van der Waals surface area contributed by atoms with Gasteiger partial charge in [0.15, 0.2) is 0 Å². The fourth-order valence-electron chi connectivity index (χ4n) is 6.59. The maximum absolute atomic E-state index is 13.4. The number of halogens is 2. The number of carbonyl (C=O) groups is 1. The van der Waals surface area contributed by atoms with Crippen LogP contribution in [0.4, 0.5) is 17.1 Å². The van der Waals surface area contributed by atoms with Gasteiger partial charge < -0.3 is 15.1 Å². The minimum absolute atomic E-state index is 0.144. The Balaban J connectivity index is 1.06. The van der Waals surface area contributed by atoms with Crippen LogP contribution < -0.4 is 14.9 Å². The molecule has 1 fully saturated rings. The van der Waals surface area contributed by atoms with E-state index in [9.17, 15) is 23.3 Å². The van der Waals surface area contributed by atoms with Crippen LogP contribution in [0.3, 0.4) is 0 Å². The molecular weight excluding hydrogens is 804 g/mol. The van der Waals surface area contributed by atoms with E-state index in [0.717, 1.165) is 67.0 Å². The van der Waals surface area contributed by atoms with Crippen molar-refractivity contribution in [3.05, 3.63) is 147 Å². The van der Waals surface area contributed by atoms with E-state index in [1.54, 1.807) is 42.1 Å². The first-order chi connectivity index (χ1) is 27.4. The summed E-state index contributed by atoms with van der Waals surface area (Å²) in [7, 11) is -0.524. The molecule has 0 bridgehead atoms. The number of nitro groups is 1. The standard InChI is InChI=1S/C42H44Cl2N6O5S2/c1-47(2)21-20-33(29-56-35-9-4-3-5-10-35)45-40-19-17-36(27-41(40)50(52)53)57(54,55)46-42(51)30-12-15-34(16-13-30)49-24-22-48(23-25-49)28-31-8-6-7-11-37(31)38-18-14-32(43)26-39(38)44/h3-19,26-27,33,45H,20-25,28-29H2,1-2H3,(H,46,51)/t33-/m1/s1. The number of hydrogen-bond acceptors (Lipinski definition) is 10. The Kier molecular flexibility index (Phi) is 14.2. The van der Waals surface area contributed by atoms with Gasteiger partial charge in [0.05, 0.1) is 9.82 Å². The van der Waals surface area contributed by atoms with Crippen LogP contribution in [0.15, 0.2) is 125 Å². The van der Waals surface area contributed by atoms with Crippen LogP contribution in [0.2, 0.25) is 10.0 Å². The Morgan fingerprint density at radius 3 is 2.26 bits per heavy atom. The molecule has 0 saturated carbocycles. The van der Waals surface area contributed by atoms with Gasteiger partial charge in [0, 0.05) is 82.3 Å². The lowest BCUT2D eigenvalue weighted by molar-refractivity contribution is -0.384. The zero-order chi connectivity index (χ0) is 40.5. The van der Waals surface area contributed by atoms with Gasteiger partial charge in [0.25, 0.3) is 21.6 Å². The van der Waals surface area contributed by atoms with Crippen molar-refractivity contribution in [3.8, 4) is 11.1 Å². The molecule has 2 N–H and O–H groups in total. The zero-order valence-corrected chi connectivity index (χ0v) is 34.8. The lowest BCUT2D eigenvalue weighted by Crippen LogP contribution is -2.46. The number of anilines is 2. The van der Waals surface area contributed by atoms with Gasteiger partial charge in [-0.15, -0.1) is 11.8 Å². The van der Waals surface area contributed by atoms with Gasteiger partial charge in [0.2, 0.25) is 0 Å². The third kappa shape index (κ3) is 11.3. The van der Waals surface area contributed by atoms with E-state index in [1.807, 2.05) is 73.6 Å². The number of nitro benzene ring substituents is 1. The average molecular weight is 848 g/mol. The predicted molar refractivity (Wildman–Crippen MR) is 231 cm³/mol. The first-order valence-corrected chi connectivity index (χ1v) is 21.6. The second kappa shape index (κ2) is 19.2. The van der Waals surface area contributed by atoms with Gasteiger partial charge in [-0.1, -0.05) is 71.7 Å². The van der Waals surface area contributed by atoms with E-state index in [2.05, 4.69) is 32.0 Å². The van der Waals surface area contributed by atoms with Crippen molar-refractivity contribution < 1.29 is 18.1 Å². The number of nitrogens with zero attached hydrogens (tertiary/aromatic N) is 4. The maximum atomic E-state index is 13.4. The smallest absolute Gasteiger partial charge is 0.293 e. The minimum atomic E-state index is -4.44. The van der Waals surface area contributed by atoms with Gasteiger partial charge in [-0.2, -0.15) is 0 Å². The molecule has 0 aromatic heterocycles. The summed E-state index contributed by atoms with van der Waals surface area (Å²) in [6, 6.07) is 33.8. The van der Waals surface area contributed by atoms with Gasteiger partial charge in [-0.3, -0.25) is 19.8 Å². The van der Waals surface area contributed by atoms with Crippen LogP contribution in [0, 0.1) is 10.1 Å². The summed E-state index contributed by atoms with van der Waals surface area (Å²) >= 11 is 14.3. The molecule has 0 radical (unpaired) electrons. The Labute approximate surface area is 348 Å². The number of nitrogens with one attached hydrogen (secondary N) is 2. The van der Waals surface area contributed by atoms with Crippen molar-refractivity contribution in [3.63, 3.8) is 0 Å². The Bertz CT molecular complexity index is 2290. The average Bonchev–Trinajstić information content (AvgIpc) is 3.20.